The number of aromatic hydroxyl groups is 1. The summed E-state index contributed by atoms with van der Waals surface area (Å²) in [6, 6.07) is 6.14. The molecule has 0 aliphatic rings. The summed E-state index contributed by atoms with van der Waals surface area (Å²) in [6.07, 6.45) is 13.3. The molecule has 0 aliphatic heterocycles. The second kappa shape index (κ2) is 15.5. The zero-order valence-electron chi connectivity index (χ0n) is 17.3. The Hall–Kier alpha value is -1.55. The lowest BCUT2D eigenvalue weighted by Crippen LogP contribution is -2.12. The van der Waals surface area contributed by atoms with Crippen LogP contribution in [0.4, 0.5) is 0 Å². The highest BCUT2D eigenvalue weighted by atomic mass is 16.5. The third-order valence-corrected chi connectivity index (χ3v) is 4.81. The molecule has 1 aromatic rings. The maximum Gasteiger partial charge on any atom is 0.338 e. The Bertz CT molecular complexity index is 484. The maximum atomic E-state index is 11.8. The lowest BCUT2D eigenvalue weighted by molar-refractivity contribution is 0.0405. The van der Waals surface area contributed by atoms with Crippen molar-refractivity contribution in [1.29, 1.82) is 0 Å². The molecule has 0 heterocycles. The van der Waals surface area contributed by atoms with Gasteiger partial charge in [-0.3, -0.25) is 0 Å². The number of unbranched alkanes of at least 4 members (excludes halogenated alkanes) is 7. The molecule has 4 nitrogen and oxygen atoms in total. The molecule has 154 valence electrons. The van der Waals surface area contributed by atoms with E-state index < -0.39 is 0 Å². The van der Waals surface area contributed by atoms with E-state index in [4.69, 9.17) is 9.47 Å². The van der Waals surface area contributed by atoms with Crippen molar-refractivity contribution in [2.24, 2.45) is 0 Å². The van der Waals surface area contributed by atoms with Gasteiger partial charge in [-0.1, -0.05) is 58.8 Å². The van der Waals surface area contributed by atoms with Crippen molar-refractivity contribution in [2.75, 3.05) is 13.2 Å². The molecule has 0 aliphatic carbocycles. The Morgan fingerprint density at radius 2 is 1.52 bits per heavy atom. The van der Waals surface area contributed by atoms with Gasteiger partial charge in [0.15, 0.2) is 0 Å². The topological polar surface area (TPSA) is 55.8 Å². The molecule has 1 aromatic carbocycles. The predicted octanol–water partition coefficient (Wildman–Crippen LogP) is 6.27. The first-order valence-corrected chi connectivity index (χ1v) is 10.7. The van der Waals surface area contributed by atoms with Crippen LogP contribution in [-0.2, 0) is 9.47 Å². The van der Waals surface area contributed by atoms with Crippen LogP contribution in [0.2, 0.25) is 0 Å². The van der Waals surface area contributed by atoms with E-state index in [2.05, 4.69) is 13.8 Å². The molecular formula is C23H38O4. The average molecular weight is 379 g/mol. The Labute approximate surface area is 165 Å². The molecule has 4 heteroatoms. The fraction of sp³-hybridized carbons (Fsp3) is 0.696. The first kappa shape index (κ1) is 23.5. The van der Waals surface area contributed by atoms with Crippen LogP contribution < -0.4 is 0 Å². The van der Waals surface area contributed by atoms with Crippen LogP contribution in [0.1, 0.15) is 94.8 Å². The van der Waals surface area contributed by atoms with Gasteiger partial charge in [-0.25, -0.2) is 4.79 Å². The molecule has 0 radical (unpaired) electrons. The molecular weight excluding hydrogens is 340 g/mol. The van der Waals surface area contributed by atoms with Crippen molar-refractivity contribution in [3.63, 3.8) is 0 Å². The minimum Gasteiger partial charge on any atom is -0.508 e. The Morgan fingerprint density at radius 1 is 0.889 bits per heavy atom. The van der Waals surface area contributed by atoms with Crippen LogP contribution in [0.25, 0.3) is 0 Å². The van der Waals surface area contributed by atoms with Gasteiger partial charge in [0.2, 0.25) is 0 Å². The molecule has 0 amide bonds. The van der Waals surface area contributed by atoms with Crippen LogP contribution in [-0.4, -0.2) is 30.4 Å². The summed E-state index contributed by atoms with van der Waals surface area (Å²) in [5, 5.41) is 9.22. The number of phenols is 1. The van der Waals surface area contributed by atoms with E-state index in [0.29, 0.717) is 18.3 Å². The molecule has 0 fully saturated rings. The Kier molecular flexibility index (Phi) is 13.5. The molecule has 1 N–H and O–H groups in total. The van der Waals surface area contributed by atoms with Crippen molar-refractivity contribution >= 4 is 5.97 Å². The number of benzene rings is 1. The summed E-state index contributed by atoms with van der Waals surface area (Å²) in [6.45, 7) is 5.80. The summed E-state index contributed by atoms with van der Waals surface area (Å²) in [5.74, 6) is -0.171. The van der Waals surface area contributed by atoms with Crippen molar-refractivity contribution in [1.82, 2.24) is 0 Å². The summed E-state index contributed by atoms with van der Waals surface area (Å²) < 4.78 is 11.2. The number of carbonyl (C=O) groups excluding carboxylic acids is 1. The average Bonchev–Trinajstić information content (AvgIpc) is 2.68. The minimum atomic E-state index is -0.322. The highest BCUT2D eigenvalue weighted by molar-refractivity contribution is 5.89. The van der Waals surface area contributed by atoms with Gasteiger partial charge in [-0.2, -0.15) is 0 Å². The van der Waals surface area contributed by atoms with Gasteiger partial charge in [-0.15, -0.1) is 0 Å². The number of hydrogen-bond acceptors (Lipinski definition) is 4. The molecule has 0 saturated heterocycles. The zero-order valence-corrected chi connectivity index (χ0v) is 17.3. The molecule has 0 bridgehead atoms. The summed E-state index contributed by atoms with van der Waals surface area (Å²) in [7, 11) is 0. The van der Waals surface area contributed by atoms with E-state index in [0.717, 1.165) is 32.3 Å². The number of ether oxygens (including phenoxy) is 2. The number of rotatable bonds is 16. The van der Waals surface area contributed by atoms with E-state index in [1.807, 2.05) is 0 Å². The zero-order chi connectivity index (χ0) is 19.7. The van der Waals surface area contributed by atoms with Crippen molar-refractivity contribution in [3.8, 4) is 5.75 Å². The van der Waals surface area contributed by atoms with Crippen LogP contribution in [0, 0.1) is 0 Å². The predicted molar refractivity (Wildman–Crippen MR) is 110 cm³/mol. The molecule has 0 aromatic heterocycles. The lowest BCUT2D eigenvalue weighted by Gasteiger charge is -2.16. The molecule has 27 heavy (non-hydrogen) atoms. The van der Waals surface area contributed by atoms with E-state index in [1.165, 1.54) is 57.1 Å². The number of hydrogen-bond donors (Lipinski definition) is 1. The molecule has 0 saturated carbocycles. The SMILES string of the molecule is CCCCCCOC(CC)CCCCCCCOC(=O)c1ccc(O)cc1. The van der Waals surface area contributed by atoms with Crippen LogP contribution >= 0.6 is 0 Å². The van der Waals surface area contributed by atoms with Crippen molar-refractivity contribution in [3.05, 3.63) is 29.8 Å². The molecule has 0 spiro atoms. The number of carbonyl (C=O) groups is 1. The fourth-order valence-electron chi connectivity index (χ4n) is 3.03. The van der Waals surface area contributed by atoms with Gasteiger partial charge < -0.3 is 14.6 Å². The number of esters is 1. The normalized spacial score (nSPS) is 12.1. The number of phenolic OH excluding ortho intramolecular Hbond substituents is 1. The largest absolute Gasteiger partial charge is 0.508 e. The van der Waals surface area contributed by atoms with Crippen LogP contribution in [0.15, 0.2) is 24.3 Å². The van der Waals surface area contributed by atoms with Gasteiger partial charge >= 0.3 is 5.97 Å². The molecule has 1 unspecified atom stereocenters. The van der Waals surface area contributed by atoms with Crippen LogP contribution in [0.3, 0.4) is 0 Å². The summed E-state index contributed by atoms with van der Waals surface area (Å²) in [4.78, 5) is 11.8. The van der Waals surface area contributed by atoms with E-state index in [9.17, 15) is 9.90 Å². The van der Waals surface area contributed by atoms with Gasteiger partial charge in [0.1, 0.15) is 5.75 Å². The second-order valence-corrected chi connectivity index (χ2v) is 7.20. The molecule has 1 rings (SSSR count). The van der Waals surface area contributed by atoms with Gasteiger partial charge in [0, 0.05) is 6.61 Å². The molecule has 1 atom stereocenters. The van der Waals surface area contributed by atoms with Gasteiger partial charge in [-0.05, 0) is 49.9 Å². The fourth-order valence-corrected chi connectivity index (χ4v) is 3.03. The third-order valence-electron chi connectivity index (χ3n) is 4.81. The van der Waals surface area contributed by atoms with Crippen molar-refractivity contribution < 1.29 is 19.4 Å². The first-order valence-electron chi connectivity index (χ1n) is 10.7. The highest BCUT2D eigenvalue weighted by Gasteiger charge is 2.07. The minimum absolute atomic E-state index is 0.152. The Morgan fingerprint density at radius 3 is 2.22 bits per heavy atom. The Balaban J connectivity index is 1.97. The van der Waals surface area contributed by atoms with E-state index in [-0.39, 0.29) is 11.7 Å². The van der Waals surface area contributed by atoms with Crippen LogP contribution in [0.5, 0.6) is 5.75 Å². The third kappa shape index (κ3) is 11.7. The highest BCUT2D eigenvalue weighted by Crippen LogP contribution is 2.14. The monoisotopic (exact) mass is 378 g/mol. The van der Waals surface area contributed by atoms with Gasteiger partial charge in [0.25, 0.3) is 0 Å². The maximum absolute atomic E-state index is 11.8. The van der Waals surface area contributed by atoms with Gasteiger partial charge in [0.05, 0.1) is 18.3 Å². The first-order chi connectivity index (χ1) is 13.2. The second-order valence-electron chi connectivity index (χ2n) is 7.20. The van der Waals surface area contributed by atoms with Crippen molar-refractivity contribution in [2.45, 2.75) is 90.6 Å². The van der Waals surface area contributed by atoms with E-state index in [1.54, 1.807) is 12.1 Å². The standard InChI is InChI=1S/C23H38O4/c1-3-5-6-11-18-26-22(4-2)13-10-8-7-9-12-19-27-23(25)20-14-16-21(24)17-15-20/h14-17,22,24H,3-13,18-19H2,1-2H3. The lowest BCUT2D eigenvalue weighted by atomic mass is 10.1. The summed E-state index contributed by atoms with van der Waals surface area (Å²) in [5.41, 5.74) is 0.480. The smallest absolute Gasteiger partial charge is 0.338 e. The quantitative estimate of drug-likeness (QED) is 0.272. The summed E-state index contributed by atoms with van der Waals surface area (Å²) >= 11 is 0. The van der Waals surface area contributed by atoms with E-state index >= 15 is 0 Å².